The maximum Gasteiger partial charge on any atom is 0.254 e. The van der Waals surface area contributed by atoms with Gasteiger partial charge in [0.05, 0.1) is 0 Å². The molecule has 6 heteroatoms. The Kier molecular flexibility index (Phi) is 7.76. The molecule has 0 aliphatic heterocycles. The van der Waals surface area contributed by atoms with Gasteiger partial charge in [0.1, 0.15) is 5.82 Å². The lowest BCUT2D eigenvalue weighted by Gasteiger charge is -2.31. The maximum atomic E-state index is 13.7. The Balaban J connectivity index is 2.42. The van der Waals surface area contributed by atoms with Crippen molar-refractivity contribution in [3.8, 4) is 0 Å². The molecule has 0 spiro atoms. The Labute approximate surface area is 172 Å². The summed E-state index contributed by atoms with van der Waals surface area (Å²) in [5.41, 5.74) is 2.89. The molecule has 0 heterocycles. The second-order valence-corrected chi connectivity index (χ2v) is 7.34. The monoisotopic (exact) mass is 399 g/mol. The lowest BCUT2D eigenvalue weighted by atomic mass is 10.1. The van der Waals surface area contributed by atoms with Gasteiger partial charge >= 0.3 is 0 Å². The van der Waals surface area contributed by atoms with Gasteiger partial charge in [0.15, 0.2) is 0 Å². The fourth-order valence-electron chi connectivity index (χ4n) is 3.09. The SMILES string of the molecule is CCC(=O)Nc1ccc(N(C)C)c(CN(C(=O)c2cccc(F)c2)[C@@H](C)CC)c1. The number of hydrogen-bond donors (Lipinski definition) is 1. The normalized spacial score (nSPS) is 11.7. The van der Waals surface area contributed by atoms with Crippen LogP contribution in [0.5, 0.6) is 0 Å². The molecule has 1 atom stereocenters. The van der Waals surface area contributed by atoms with Gasteiger partial charge in [-0.25, -0.2) is 4.39 Å². The first-order chi connectivity index (χ1) is 13.8. The summed E-state index contributed by atoms with van der Waals surface area (Å²) >= 11 is 0. The van der Waals surface area contributed by atoms with E-state index in [-0.39, 0.29) is 17.9 Å². The van der Waals surface area contributed by atoms with Gasteiger partial charge in [-0.05, 0) is 55.3 Å². The number of nitrogens with zero attached hydrogens (tertiary/aromatic N) is 2. The van der Waals surface area contributed by atoms with Crippen LogP contribution in [0.2, 0.25) is 0 Å². The van der Waals surface area contributed by atoms with Gasteiger partial charge in [0.25, 0.3) is 5.91 Å². The molecule has 2 amide bonds. The van der Waals surface area contributed by atoms with Gasteiger partial charge < -0.3 is 15.1 Å². The molecule has 0 unspecified atom stereocenters. The Morgan fingerprint density at radius 1 is 1.10 bits per heavy atom. The van der Waals surface area contributed by atoms with Crippen LogP contribution in [0.3, 0.4) is 0 Å². The summed E-state index contributed by atoms with van der Waals surface area (Å²) in [6, 6.07) is 11.4. The minimum Gasteiger partial charge on any atom is -0.377 e. The molecular weight excluding hydrogens is 369 g/mol. The second kappa shape index (κ2) is 10.0. The molecule has 156 valence electrons. The number of benzene rings is 2. The zero-order chi connectivity index (χ0) is 21.6. The molecule has 29 heavy (non-hydrogen) atoms. The van der Waals surface area contributed by atoms with E-state index in [1.54, 1.807) is 24.0 Å². The third kappa shape index (κ3) is 5.79. The highest BCUT2D eigenvalue weighted by Crippen LogP contribution is 2.26. The molecule has 2 aromatic rings. The van der Waals surface area contributed by atoms with Crippen LogP contribution in [-0.4, -0.2) is 36.9 Å². The maximum absolute atomic E-state index is 13.7. The minimum atomic E-state index is -0.432. The van der Waals surface area contributed by atoms with Gasteiger partial charge in [-0.15, -0.1) is 0 Å². The van der Waals surface area contributed by atoms with Crippen molar-refractivity contribution in [2.45, 2.75) is 46.2 Å². The Hall–Kier alpha value is -2.89. The summed E-state index contributed by atoms with van der Waals surface area (Å²) in [5, 5.41) is 2.87. The van der Waals surface area contributed by atoms with E-state index in [9.17, 15) is 14.0 Å². The third-order valence-corrected chi connectivity index (χ3v) is 4.96. The Morgan fingerprint density at radius 3 is 2.41 bits per heavy atom. The van der Waals surface area contributed by atoms with Gasteiger partial charge in [0.2, 0.25) is 5.91 Å². The average molecular weight is 400 g/mol. The smallest absolute Gasteiger partial charge is 0.254 e. The lowest BCUT2D eigenvalue weighted by Crippen LogP contribution is -2.38. The summed E-state index contributed by atoms with van der Waals surface area (Å²) in [7, 11) is 3.87. The molecular formula is C23H30FN3O2. The molecule has 0 aromatic heterocycles. The van der Waals surface area contributed by atoms with Gasteiger partial charge in [-0.1, -0.05) is 19.9 Å². The number of amides is 2. The van der Waals surface area contributed by atoms with E-state index in [2.05, 4.69) is 5.32 Å². The first kappa shape index (κ1) is 22.4. The topological polar surface area (TPSA) is 52.7 Å². The fourth-order valence-corrected chi connectivity index (χ4v) is 3.09. The van der Waals surface area contributed by atoms with Crippen molar-refractivity contribution in [2.75, 3.05) is 24.3 Å². The third-order valence-electron chi connectivity index (χ3n) is 4.96. The van der Waals surface area contributed by atoms with Gasteiger partial charge in [0, 0.05) is 50.0 Å². The van der Waals surface area contributed by atoms with Crippen molar-refractivity contribution in [3.05, 3.63) is 59.4 Å². The van der Waals surface area contributed by atoms with Crippen LogP contribution < -0.4 is 10.2 Å². The molecule has 0 saturated heterocycles. The van der Waals surface area contributed by atoms with Crippen molar-refractivity contribution in [2.24, 2.45) is 0 Å². The van der Waals surface area contributed by atoms with Crippen LogP contribution in [0.15, 0.2) is 42.5 Å². The van der Waals surface area contributed by atoms with Crippen molar-refractivity contribution >= 4 is 23.2 Å². The molecule has 0 fully saturated rings. The van der Waals surface area contributed by atoms with Crippen LogP contribution >= 0.6 is 0 Å². The van der Waals surface area contributed by atoms with Crippen molar-refractivity contribution < 1.29 is 14.0 Å². The summed E-state index contributed by atoms with van der Waals surface area (Å²) < 4.78 is 13.7. The quantitative estimate of drug-likeness (QED) is 0.701. The first-order valence-electron chi connectivity index (χ1n) is 9.93. The van der Waals surface area contributed by atoms with Crippen LogP contribution in [0, 0.1) is 5.82 Å². The van der Waals surface area contributed by atoms with Crippen molar-refractivity contribution in [3.63, 3.8) is 0 Å². The first-order valence-corrected chi connectivity index (χ1v) is 9.93. The fraction of sp³-hybridized carbons (Fsp3) is 0.391. The van der Waals surface area contributed by atoms with Gasteiger partial charge in [-0.2, -0.15) is 0 Å². The van der Waals surface area contributed by atoms with Crippen LogP contribution in [-0.2, 0) is 11.3 Å². The Morgan fingerprint density at radius 2 is 1.83 bits per heavy atom. The van der Waals surface area contributed by atoms with Gasteiger partial charge in [-0.3, -0.25) is 9.59 Å². The van der Waals surface area contributed by atoms with Crippen LogP contribution in [0.4, 0.5) is 15.8 Å². The second-order valence-electron chi connectivity index (χ2n) is 7.34. The molecule has 0 aliphatic carbocycles. The number of carbonyl (C=O) groups is 2. The lowest BCUT2D eigenvalue weighted by molar-refractivity contribution is -0.115. The highest BCUT2D eigenvalue weighted by Gasteiger charge is 2.23. The largest absolute Gasteiger partial charge is 0.377 e. The number of carbonyl (C=O) groups excluding carboxylic acids is 2. The molecule has 5 nitrogen and oxygen atoms in total. The number of halogens is 1. The van der Waals surface area contributed by atoms with Crippen LogP contribution in [0.1, 0.15) is 49.5 Å². The van der Waals surface area contributed by atoms with E-state index in [0.717, 1.165) is 17.7 Å². The highest BCUT2D eigenvalue weighted by atomic mass is 19.1. The van der Waals surface area contributed by atoms with Crippen LogP contribution in [0.25, 0.3) is 0 Å². The Bertz CT molecular complexity index is 867. The van der Waals surface area contributed by atoms with E-state index in [1.807, 2.05) is 51.0 Å². The molecule has 2 rings (SSSR count). The minimum absolute atomic E-state index is 0.0327. The summed E-state index contributed by atoms with van der Waals surface area (Å²) in [6.07, 6.45) is 1.16. The number of anilines is 2. The molecule has 0 saturated carbocycles. The summed E-state index contributed by atoms with van der Waals surface area (Å²) in [5.74, 6) is -0.715. The number of rotatable bonds is 8. The molecule has 0 bridgehead atoms. The van der Waals surface area contributed by atoms with E-state index in [1.165, 1.54) is 12.1 Å². The van der Waals surface area contributed by atoms with Crippen molar-refractivity contribution in [1.82, 2.24) is 4.90 Å². The molecule has 1 N–H and O–H groups in total. The zero-order valence-corrected chi connectivity index (χ0v) is 17.8. The number of nitrogens with one attached hydrogen (secondary N) is 1. The molecule has 2 aromatic carbocycles. The molecule has 0 aliphatic rings. The number of hydrogen-bond acceptors (Lipinski definition) is 3. The van der Waals surface area contributed by atoms with Crippen molar-refractivity contribution in [1.29, 1.82) is 0 Å². The van der Waals surface area contributed by atoms with E-state index >= 15 is 0 Å². The predicted molar refractivity (Wildman–Crippen MR) is 116 cm³/mol. The van der Waals surface area contributed by atoms with E-state index in [4.69, 9.17) is 0 Å². The summed E-state index contributed by atoms with van der Waals surface area (Å²) in [4.78, 5) is 28.7. The highest BCUT2D eigenvalue weighted by molar-refractivity contribution is 5.94. The van der Waals surface area contributed by atoms with E-state index in [0.29, 0.717) is 24.2 Å². The standard InChI is InChI=1S/C23H30FN3O2/c1-6-16(3)27(23(29)17-9-8-10-19(24)13-17)15-18-14-20(25-22(28)7-2)11-12-21(18)26(4)5/h8-14,16H,6-7,15H2,1-5H3,(H,25,28)/t16-/m0/s1. The summed E-state index contributed by atoms with van der Waals surface area (Å²) in [6.45, 7) is 6.15. The molecule has 0 radical (unpaired) electrons. The van der Waals surface area contributed by atoms with E-state index < -0.39 is 5.82 Å². The zero-order valence-electron chi connectivity index (χ0n) is 17.8. The average Bonchev–Trinajstić information content (AvgIpc) is 2.70. The predicted octanol–water partition coefficient (Wildman–Crippen LogP) is 4.68.